The van der Waals surface area contributed by atoms with Crippen molar-refractivity contribution >= 4 is 11.9 Å². The largest absolute Gasteiger partial charge is 0.369 e. The molecule has 15 heavy (non-hydrogen) atoms. The van der Waals surface area contributed by atoms with Crippen LogP contribution in [0.5, 0.6) is 0 Å². The predicted molar refractivity (Wildman–Crippen MR) is 57.2 cm³/mol. The number of guanidine groups is 1. The highest BCUT2D eigenvalue weighted by Crippen LogP contribution is 2.39. The molecule has 0 bridgehead atoms. The number of hydrogen-bond acceptors (Lipinski definition) is 3. The molecule has 3 rings (SSSR count). The summed E-state index contributed by atoms with van der Waals surface area (Å²) in [6.45, 7) is 0. The maximum Gasteiger partial charge on any atom is 0.271 e. The van der Waals surface area contributed by atoms with Crippen LogP contribution in [-0.2, 0) is 4.79 Å². The molecular formula is C11H17N3O. The van der Waals surface area contributed by atoms with Gasteiger partial charge >= 0.3 is 0 Å². The molecule has 0 aromatic carbocycles. The second-order valence-corrected chi connectivity index (χ2v) is 4.92. The van der Waals surface area contributed by atoms with E-state index in [1.807, 2.05) is 0 Å². The van der Waals surface area contributed by atoms with Gasteiger partial charge in [0.05, 0.1) is 0 Å². The minimum atomic E-state index is -0.0238. The molecule has 3 unspecified atom stereocenters. The molecule has 0 aromatic rings. The van der Waals surface area contributed by atoms with Crippen molar-refractivity contribution in [2.45, 2.75) is 50.6 Å². The molecule has 2 heterocycles. The van der Waals surface area contributed by atoms with E-state index in [1.54, 1.807) is 0 Å². The smallest absolute Gasteiger partial charge is 0.271 e. The van der Waals surface area contributed by atoms with Crippen LogP contribution in [0.2, 0.25) is 0 Å². The second kappa shape index (κ2) is 3.22. The molecule has 1 saturated carbocycles. The Hall–Kier alpha value is -1.06. The van der Waals surface area contributed by atoms with E-state index >= 15 is 0 Å². The topological polar surface area (TPSA) is 58.7 Å². The van der Waals surface area contributed by atoms with Gasteiger partial charge in [0.1, 0.15) is 6.04 Å². The lowest BCUT2D eigenvalue weighted by Gasteiger charge is -2.45. The Bertz CT molecular complexity index is 326. The Labute approximate surface area is 89.5 Å². The van der Waals surface area contributed by atoms with Crippen molar-refractivity contribution in [2.24, 2.45) is 16.6 Å². The third-order valence-electron chi connectivity index (χ3n) is 4.15. The average Bonchev–Trinajstić information content (AvgIpc) is 2.55. The van der Waals surface area contributed by atoms with Crippen LogP contribution in [0.25, 0.3) is 0 Å². The number of hydrogen-bond donors (Lipinski definition) is 1. The number of amides is 1. The Morgan fingerprint density at radius 2 is 2.00 bits per heavy atom. The molecule has 2 fully saturated rings. The summed E-state index contributed by atoms with van der Waals surface area (Å²) in [5, 5.41) is 0. The molecule has 2 aliphatic heterocycles. The highest BCUT2D eigenvalue weighted by molar-refractivity contribution is 6.02. The van der Waals surface area contributed by atoms with Gasteiger partial charge in [-0.2, -0.15) is 4.99 Å². The van der Waals surface area contributed by atoms with Crippen LogP contribution in [0.3, 0.4) is 0 Å². The third kappa shape index (κ3) is 1.27. The lowest BCUT2D eigenvalue weighted by Crippen LogP contribution is -2.55. The first-order valence-electron chi connectivity index (χ1n) is 5.94. The van der Waals surface area contributed by atoms with E-state index in [1.165, 1.54) is 32.1 Å². The summed E-state index contributed by atoms with van der Waals surface area (Å²) in [4.78, 5) is 17.6. The fraction of sp³-hybridized carbons (Fsp3) is 0.818. The number of nitrogens with zero attached hydrogens (tertiary/aromatic N) is 2. The van der Waals surface area contributed by atoms with Crippen LogP contribution >= 0.6 is 0 Å². The van der Waals surface area contributed by atoms with Gasteiger partial charge in [-0.15, -0.1) is 0 Å². The van der Waals surface area contributed by atoms with Gasteiger partial charge in [-0.1, -0.05) is 12.8 Å². The number of nitrogens with two attached hydrogens (primary N) is 1. The van der Waals surface area contributed by atoms with Gasteiger partial charge in [0, 0.05) is 6.04 Å². The summed E-state index contributed by atoms with van der Waals surface area (Å²) in [6.07, 6.45) is 7.22. The fourth-order valence-corrected chi connectivity index (χ4v) is 3.45. The molecule has 0 spiro atoms. The first kappa shape index (κ1) is 9.19. The minimum absolute atomic E-state index is 0.0171. The van der Waals surface area contributed by atoms with Crippen LogP contribution in [0.15, 0.2) is 4.99 Å². The molecule has 0 aromatic heterocycles. The molecule has 4 heteroatoms. The minimum Gasteiger partial charge on any atom is -0.369 e. The molecule has 0 radical (unpaired) electrons. The van der Waals surface area contributed by atoms with Crippen LogP contribution in [-0.4, -0.2) is 28.9 Å². The van der Waals surface area contributed by atoms with E-state index in [0.29, 0.717) is 12.0 Å². The van der Waals surface area contributed by atoms with Gasteiger partial charge in [0.15, 0.2) is 5.96 Å². The van der Waals surface area contributed by atoms with Crippen molar-refractivity contribution in [3.63, 3.8) is 0 Å². The van der Waals surface area contributed by atoms with Gasteiger partial charge in [-0.05, 0) is 31.6 Å². The van der Waals surface area contributed by atoms with Crippen LogP contribution < -0.4 is 5.73 Å². The van der Waals surface area contributed by atoms with Crippen LogP contribution in [0, 0.1) is 5.92 Å². The van der Waals surface area contributed by atoms with Gasteiger partial charge < -0.3 is 10.6 Å². The Morgan fingerprint density at radius 3 is 2.87 bits per heavy atom. The number of rotatable bonds is 0. The summed E-state index contributed by atoms with van der Waals surface area (Å²) >= 11 is 0. The van der Waals surface area contributed by atoms with Crippen molar-refractivity contribution in [2.75, 3.05) is 0 Å². The summed E-state index contributed by atoms with van der Waals surface area (Å²) in [5.74, 6) is 1.20. The first-order chi connectivity index (χ1) is 7.27. The van der Waals surface area contributed by atoms with Crippen molar-refractivity contribution in [1.29, 1.82) is 0 Å². The highest BCUT2D eigenvalue weighted by atomic mass is 16.2. The van der Waals surface area contributed by atoms with E-state index in [0.717, 1.165) is 12.3 Å². The zero-order valence-corrected chi connectivity index (χ0v) is 8.85. The fourth-order valence-electron chi connectivity index (χ4n) is 3.45. The van der Waals surface area contributed by atoms with E-state index in [9.17, 15) is 4.79 Å². The number of aliphatic imine (C=N–C) groups is 1. The lowest BCUT2D eigenvalue weighted by atomic mass is 9.76. The van der Waals surface area contributed by atoms with Crippen LogP contribution in [0.4, 0.5) is 0 Å². The molecule has 82 valence electrons. The second-order valence-electron chi connectivity index (χ2n) is 4.92. The van der Waals surface area contributed by atoms with E-state index < -0.39 is 0 Å². The summed E-state index contributed by atoms with van der Waals surface area (Å²) in [7, 11) is 0. The zero-order chi connectivity index (χ0) is 10.4. The summed E-state index contributed by atoms with van der Waals surface area (Å²) in [6, 6.07) is 0.469. The monoisotopic (exact) mass is 207 g/mol. The molecular weight excluding hydrogens is 190 g/mol. The standard InChI is InChI=1S/C11H17N3O/c12-11-13-10(15)9-6-5-7-3-1-2-4-8(7)14(9)11/h7-9H,1-6H2,(H2,12,13,15). The van der Waals surface area contributed by atoms with Gasteiger partial charge in [0.25, 0.3) is 5.91 Å². The first-order valence-corrected chi connectivity index (χ1v) is 5.94. The van der Waals surface area contributed by atoms with Gasteiger partial charge in [-0.25, -0.2) is 0 Å². The maximum atomic E-state index is 11.6. The molecule has 1 aliphatic carbocycles. The van der Waals surface area contributed by atoms with Gasteiger partial charge in [-0.3, -0.25) is 4.79 Å². The zero-order valence-electron chi connectivity index (χ0n) is 8.85. The SMILES string of the molecule is NC1=NC(=O)C2CCC3CCCCC3N12. The van der Waals surface area contributed by atoms with Crippen LogP contribution in [0.1, 0.15) is 38.5 Å². The van der Waals surface area contributed by atoms with E-state index in [-0.39, 0.29) is 11.9 Å². The van der Waals surface area contributed by atoms with E-state index in [4.69, 9.17) is 5.73 Å². The molecule has 3 aliphatic rings. The molecule has 4 nitrogen and oxygen atoms in total. The van der Waals surface area contributed by atoms with Crippen molar-refractivity contribution in [3.8, 4) is 0 Å². The normalized spacial score (nSPS) is 39.7. The number of piperidine rings is 1. The van der Waals surface area contributed by atoms with E-state index in [2.05, 4.69) is 9.89 Å². The van der Waals surface area contributed by atoms with Gasteiger partial charge in [0.2, 0.25) is 0 Å². The maximum absolute atomic E-state index is 11.6. The number of fused-ring (bicyclic) bond motifs is 3. The Balaban J connectivity index is 1.88. The molecule has 1 saturated heterocycles. The highest BCUT2D eigenvalue weighted by Gasteiger charge is 2.45. The number of carbonyl (C=O) groups is 1. The Morgan fingerprint density at radius 1 is 1.20 bits per heavy atom. The molecule has 2 N–H and O–H groups in total. The van der Waals surface area contributed by atoms with Crippen molar-refractivity contribution in [3.05, 3.63) is 0 Å². The molecule has 3 atom stereocenters. The Kier molecular flexibility index (Phi) is 1.97. The number of carbonyl (C=O) groups excluding carboxylic acids is 1. The predicted octanol–water partition coefficient (Wildman–Crippen LogP) is 0.864. The summed E-state index contributed by atoms with van der Waals surface area (Å²) in [5.41, 5.74) is 5.84. The quantitative estimate of drug-likeness (QED) is 0.641. The summed E-state index contributed by atoms with van der Waals surface area (Å²) < 4.78 is 0. The lowest BCUT2D eigenvalue weighted by molar-refractivity contribution is -0.122. The van der Waals surface area contributed by atoms with Crippen molar-refractivity contribution < 1.29 is 4.79 Å². The molecule has 1 amide bonds. The van der Waals surface area contributed by atoms with Crippen molar-refractivity contribution in [1.82, 2.24) is 4.90 Å². The average molecular weight is 207 g/mol. The third-order valence-corrected chi connectivity index (χ3v) is 4.15.